The molecule has 0 unspecified atom stereocenters. The van der Waals surface area contributed by atoms with Crippen molar-refractivity contribution in [1.82, 2.24) is 0 Å². The van der Waals surface area contributed by atoms with Gasteiger partial charge in [0.2, 0.25) is 0 Å². The third-order valence-corrected chi connectivity index (χ3v) is 3.79. The Labute approximate surface area is 117 Å². The number of benzene rings is 1. The van der Waals surface area contributed by atoms with Crippen molar-refractivity contribution >= 4 is 11.7 Å². The van der Waals surface area contributed by atoms with Gasteiger partial charge < -0.3 is 14.4 Å². The van der Waals surface area contributed by atoms with Gasteiger partial charge in [0.05, 0.1) is 24.5 Å². The first kappa shape index (κ1) is 13.4. The topological polar surface area (TPSA) is 38.8 Å². The van der Waals surface area contributed by atoms with Crippen LogP contribution < -0.4 is 4.90 Å². The molecule has 1 aromatic rings. The normalized spacial score (nSPS) is 22.2. The minimum atomic E-state index is -0.479. The van der Waals surface area contributed by atoms with Crippen LogP contribution in [0.3, 0.4) is 0 Å². The molecule has 0 radical (unpaired) electrons. The first-order valence-electron chi connectivity index (χ1n) is 7.07. The largest absolute Gasteiger partial charge is 0.456 e. The van der Waals surface area contributed by atoms with E-state index in [-0.39, 0.29) is 17.5 Å². The third-order valence-electron chi connectivity index (χ3n) is 3.79. The van der Waals surface area contributed by atoms with Gasteiger partial charge in [0, 0.05) is 19.5 Å². The second-order valence-electron chi connectivity index (χ2n) is 5.25. The van der Waals surface area contributed by atoms with E-state index in [9.17, 15) is 9.18 Å². The lowest BCUT2D eigenvalue weighted by atomic mass is 10.2. The van der Waals surface area contributed by atoms with Gasteiger partial charge in [-0.2, -0.15) is 0 Å². The number of esters is 1. The molecule has 2 aliphatic rings. The summed E-state index contributed by atoms with van der Waals surface area (Å²) in [5, 5.41) is 0. The highest BCUT2D eigenvalue weighted by molar-refractivity contribution is 5.90. The second kappa shape index (κ2) is 5.79. The first-order chi connectivity index (χ1) is 9.74. The van der Waals surface area contributed by atoms with Crippen molar-refractivity contribution in [2.75, 3.05) is 31.2 Å². The van der Waals surface area contributed by atoms with Crippen LogP contribution >= 0.6 is 0 Å². The van der Waals surface area contributed by atoms with E-state index in [4.69, 9.17) is 9.47 Å². The maximum Gasteiger partial charge on any atom is 0.338 e. The average molecular weight is 279 g/mol. The van der Waals surface area contributed by atoms with Crippen LogP contribution in [0.1, 0.15) is 29.6 Å². The second-order valence-corrected chi connectivity index (χ2v) is 5.25. The molecule has 0 N–H and O–H groups in total. The lowest BCUT2D eigenvalue weighted by Crippen LogP contribution is -2.20. The van der Waals surface area contributed by atoms with Crippen LogP contribution in [0, 0.1) is 5.82 Å². The average Bonchev–Trinajstić information content (AvgIpc) is 3.11. The standard InChI is InChI=1S/C15H18FNO3/c16-13-9-11(15(18)20-12-5-8-19-10-12)3-4-14(13)17-6-1-2-7-17/h3-4,9,12H,1-2,5-8,10H2/t12-/m0/s1. The number of carbonyl (C=O) groups is 1. The van der Waals surface area contributed by atoms with Gasteiger partial charge in [-0.15, -0.1) is 0 Å². The molecular formula is C15H18FNO3. The van der Waals surface area contributed by atoms with Crippen molar-refractivity contribution in [3.05, 3.63) is 29.6 Å². The Morgan fingerprint density at radius 2 is 2.15 bits per heavy atom. The number of anilines is 1. The van der Waals surface area contributed by atoms with Crippen LogP contribution in [0.4, 0.5) is 10.1 Å². The summed E-state index contributed by atoms with van der Waals surface area (Å²) in [6, 6.07) is 4.57. The summed E-state index contributed by atoms with van der Waals surface area (Å²) >= 11 is 0. The molecule has 0 aromatic heterocycles. The molecule has 2 fully saturated rings. The predicted molar refractivity (Wildman–Crippen MR) is 72.5 cm³/mol. The Balaban J connectivity index is 1.70. The molecule has 2 saturated heterocycles. The van der Waals surface area contributed by atoms with Gasteiger partial charge in [-0.1, -0.05) is 0 Å². The van der Waals surface area contributed by atoms with E-state index in [1.54, 1.807) is 12.1 Å². The number of hydrogen-bond acceptors (Lipinski definition) is 4. The van der Waals surface area contributed by atoms with Gasteiger partial charge in [-0.05, 0) is 31.0 Å². The monoisotopic (exact) mass is 279 g/mol. The van der Waals surface area contributed by atoms with Crippen molar-refractivity contribution in [1.29, 1.82) is 0 Å². The van der Waals surface area contributed by atoms with Crippen molar-refractivity contribution in [2.45, 2.75) is 25.4 Å². The highest BCUT2D eigenvalue weighted by Gasteiger charge is 2.22. The van der Waals surface area contributed by atoms with Gasteiger partial charge in [0.15, 0.2) is 0 Å². The van der Waals surface area contributed by atoms with Gasteiger partial charge in [-0.25, -0.2) is 9.18 Å². The van der Waals surface area contributed by atoms with Crippen LogP contribution in [-0.2, 0) is 9.47 Å². The van der Waals surface area contributed by atoms with Gasteiger partial charge >= 0.3 is 5.97 Å². The van der Waals surface area contributed by atoms with Crippen LogP contribution in [-0.4, -0.2) is 38.4 Å². The number of halogens is 1. The third kappa shape index (κ3) is 2.77. The number of nitrogens with zero attached hydrogens (tertiary/aromatic N) is 1. The van der Waals surface area contributed by atoms with Crippen molar-refractivity contribution in [2.24, 2.45) is 0 Å². The zero-order valence-corrected chi connectivity index (χ0v) is 11.3. The van der Waals surface area contributed by atoms with E-state index in [1.165, 1.54) is 6.07 Å². The summed E-state index contributed by atoms with van der Waals surface area (Å²) in [6.45, 7) is 2.79. The maximum atomic E-state index is 14.1. The smallest absolute Gasteiger partial charge is 0.338 e. The van der Waals surface area contributed by atoms with Crippen molar-refractivity contribution in [3.8, 4) is 0 Å². The molecule has 1 atom stereocenters. The Morgan fingerprint density at radius 1 is 1.35 bits per heavy atom. The minimum absolute atomic E-state index is 0.205. The Kier molecular flexibility index (Phi) is 3.87. The van der Waals surface area contributed by atoms with E-state index in [0.717, 1.165) is 25.9 Å². The van der Waals surface area contributed by atoms with Crippen molar-refractivity contribution < 1.29 is 18.7 Å². The molecule has 1 aromatic carbocycles. The number of ether oxygens (including phenoxy) is 2. The molecule has 20 heavy (non-hydrogen) atoms. The summed E-state index contributed by atoms with van der Waals surface area (Å²) < 4.78 is 24.5. The molecule has 0 saturated carbocycles. The number of hydrogen-bond donors (Lipinski definition) is 0. The van der Waals surface area contributed by atoms with Crippen LogP contribution in [0.25, 0.3) is 0 Å². The maximum absolute atomic E-state index is 14.1. The molecule has 4 nitrogen and oxygen atoms in total. The number of carbonyl (C=O) groups excluding carboxylic acids is 1. The lowest BCUT2D eigenvalue weighted by Gasteiger charge is -2.18. The fourth-order valence-corrected chi connectivity index (χ4v) is 2.67. The zero-order valence-electron chi connectivity index (χ0n) is 11.3. The molecule has 0 amide bonds. The molecule has 2 aliphatic heterocycles. The van der Waals surface area contributed by atoms with E-state index in [0.29, 0.717) is 25.3 Å². The van der Waals surface area contributed by atoms with E-state index < -0.39 is 5.97 Å². The van der Waals surface area contributed by atoms with Crippen molar-refractivity contribution in [3.63, 3.8) is 0 Å². The van der Waals surface area contributed by atoms with Gasteiger partial charge in [0.25, 0.3) is 0 Å². The van der Waals surface area contributed by atoms with Crippen LogP contribution in [0.15, 0.2) is 18.2 Å². The van der Waals surface area contributed by atoms with Crippen LogP contribution in [0.5, 0.6) is 0 Å². The zero-order chi connectivity index (χ0) is 13.9. The minimum Gasteiger partial charge on any atom is -0.456 e. The molecule has 2 heterocycles. The fraction of sp³-hybridized carbons (Fsp3) is 0.533. The van der Waals surface area contributed by atoms with Crippen LogP contribution in [0.2, 0.25) is 0 Å². The first-order valence-corrected chi connectivity index (χ1v) is 7.07. The van der Waals surface area contributed by atoms with Gasteiger partial charge in [0.1, 0.15) is 11.9 Å². The Hall–Kier alpha value is -1.62. The lowest BCUT2D eigenvalue weighted by molar-refractivity contribution is 0.0270. The number of rotatable bonds is 3. The molecule has 5 heteroatoms. The summed E-state index contributed by atoms with van der Waals surface area (Å²) in [6.07, 6.45) is 2.68. The quantitative estimate of drug-likeness (QED) is 0.796. The summed E-state index contributed by atoms with van der Waals surface area (Å²) in [5.74, 6) is -0.837. The molecule has 3 rings (SSSR count). The Morgan fingerprint density at radius 3 is 2.80 bits per heavy atom. The molecular weight excluding hydrogens is 261 g/mol. The highest BCUT2D eigenvalue weighted by atomic mass is 19.1. The van der Waals surface area contributed by atoms with E-state index >= 15 is 0 Å². The van der Waals surface area contributed by atoms with E-state index in [1.807, 2.05) is 4.90 Å². The van der Waals surface area contributed by atoms with E-state index in [2.05, 4.69) is 0 Å². The molecule has 0 spiro atoms. The molecule has 0 bridgehead atoms. The summed E-state index contributed by atoms with van der Waals surface area (Å²) in [4.78, 5) is 13.9. The molecule has 0 aliphatic carbocycles. The van der Waals surface area contributed by atoms with Gasteiger partial charge in [-0.3, -0.25) is 0 Å². The highest BCUT2D eigenvalue weighted by Crippen LogP contribution is 2.25. The summed E-state index contributed by atoms with van der Waals surface area (Å²) in [7, 11) is 0. The Bertz CT molecular complexity index is 494. The predicted octanol–water partition coefficient (Wildman–Crippen LogP) is 2.37. The molecule has 108 valence electrons. The summed E-state index contributed by atoms with van der Waals surface area (Å²) in [5.41, 5.74) is 0.834. The fourth-order valence-electron chi connectivity index (χ4n) is 2.67. The SMILES string of the molecule is O=C(O[C@H]1CCOC1)c1ccc(N2CCCC2)c(F)c1.